The van der Waals surface area contributed by atoms with Gasteiger partial charge in [-0.3, -0.25) is 4.99 Å². The first-order valence-corrected chi connectivity index (χ1v) is 10.3. The zero-order valence-electron chi connectivity index (χ0n) is 14.5. The molecule has 1 unspecified atom stereocenters. The summed E-state index contributed by atoms with van der Waals surface area (Å²) in [6.45, 7) is 4.02. The lowest BCUT2D eigenvalue weighted by Crippen LogP contribution is -2.46. The van der Waals surface area contributed by atoms with Gasteiger partial charge in [0.15, 0.2) is 5.96 Å². The molecular weight excluding hydrogens is 364 g/mol. The molecule has 0 aliphatic carbocycles. The van der Waals surface area contributed by atoms with Gasteiger partial charge in [-0.25, -0.2) is 18.1 Å². The third kappa shape index (κ3) is 6.02. The maximum absolute atomic E-state index is 11.4. The highest BCUT2D eigenvalue weighted by molar-refractivity contribution is 7.89. The molecule has 140 valence electrons. The van der Waals surface area contributed by atoms with Gasteiger partial charge in [0.1, 0.15) is 5.82 Å². The summed E-state index contributed by atoms with van der Waals surface area (Å²) in [5, 5.41) is 7.10. The zero-order chi connectivity index (χ0) is 18.3. The number of aliphatic imine (C=N–C) groups is 1. The lowest BCUT2D eigenvalue weighted by atomic mass is 10.3. The molecule has 0 spiro atoms. The number of sulfonamides is 1. The van der Waals surface area contributed by atoms with Crippen LogP contribution in [0.2, 0.25) is 5.02 Å². The van der Waals surface area contributed by atoms with Crippen LogP contribution in [0, 0.1) is 0 Å². The number of anilines is 1. The van der Waals surface area contributed by atoms with E-state index in [-0.39, 0.29) is 11.8 Å². The van der Waals surface area contributed by atoms with E-state index in [1.165, 1.54) is 0 Å². The van der Waals surface area contributed by atoms with Crippen LogP contribution in [0.15, 0.2) is 23.3 Å². The molecule has 3 N–H and O–H groups in total. The van der Waals surface area contributed by atoms with Crippen LogP contribution in [0.1, 0.15) is 13.3 Å². The van der Waals surface area contributed by atoms with Gasteiger partial charge in [-0.15, -0.1) is 0 Å². The van der Waals surface area contributed by atoms with Crippen LogP contribution in [0.5, 0.6) is 0 Å². The first-order chi connectivity index (χ1) is 11.9. The highest BCUT2D eigenvalue weighted by Crippen LogP contribution is 2.25. The van der Waals surface area contributed by atoms with Gasteiger partial charge in [-0.2, -0.15) is 0 Å². The summed E-state index contributed by atoms with van der Waals surface area (Å²) in [5.74, 6) is 1.52. The SMILES string of the molecule is CCS(=O)(=O)NCCNC(=NC)NC1CCN(c2ncccc2Cl)C1. The molecule has 10 heteroatoms. The lowest BCUT2D eigenvalue weighted by Gasteiger charge is -2.20. The van der Waals surface area contributed by atoms with E-state index in [4.69, 9.17) is 11.6 Å². The van der Waals surface area contributed by atoms with E-state index in [1.54, 1.807) is 20.2 Å². The van der Waals surface area contributed by atoms with Gasteiger partial charge in [-0.1, -0.05) is 11.6 Å². The summed E-state index contributed by atoms with van der Waals surface area (Å²) < 4.78 is 25.3. The number of aromatic nitrogens is 1. The maximum atomic E-state index is 11.4. The zero-order valence-corrected chi connectivity index (χ0v) is 16.1. The summed E-state index contributed by atoms with van der Waals surface area (Å²) in [7, 11) is -1.48. The van der Waals surface area contributed by atoms with Gasteiger partial charge in [0.2, 0.25) is 10.0 Å². The summed E-state index contributed by atoms with van der Waals surface area (Å²) in [6, 6.07) is 3.87. The van der Waals surface area contributed by atoms with Crippen LogP contribution in [0.25, 0.3) is 0 Å². The van der Waals surface area contributed by atoms with Gasteiger partial charge in [0.05, 0.1) is 10.8 Å². The van der Waals surface area contributed by atoms with Crippen molar-refractivity contribution in [3.05, 3.63) is 23.4 Å². The van der Waals surface area contributed by atoms with E-state index in [1.807, 2.05) is 12.1 Å². The molecular formula is C15H25ClN6O2S. The summed E-state index contributed by atoms with van der Waals surface area (Å²) in [6.07, 6.45) is 2.68. The molecule has 1 aromatic heterocycles. The van der Waals surface area contributed by atoms with E-state index in [2.05, 4.69) is 30.2 Å². The molecule has 1 aliphatic heterocycles. The third-order valence-corrected chi connectivity index (χ3v) is 5.61. The van der Waals surface area contributed by atoms with Crippen molar-refractivity contribution in [2.45, 2.75) is 19.4 Å². The summed E-state index contributed by atoms with van der Waals surface area (Å²) in [4.78, 5) is 10.7. The average molecular weight is 389 g/mol. The molecule has 2 rings (SSSR count). The van der Waals surface area contributed by atoms with Crippen LogP contribution in [-0.4, -0.2) is 64.4 Å². The van der Waals surface area contributed by atoms with Crippen molar-refractivity contribution in [2.24, 2.45) is 4.99 Å². The van der Waals surface area contributed by atoms with E-state index in [0.29, 0.717) is 24.1 Å². The van der Waals surface area contributed by atoms with Crippen molar-refractivity contribution in [1.82, 2.24) is 20.3 Å². The van der Waals surface area contributed by atoms with E-state index in [0.717, 1.165) is 25.3 Å². The van der Waals surface area contributed by atoms with Gasteiger partial charge in [0, 0.05) is 45.5 Å². The van der Waals surface area contributed by atoms with Gasteiger partial charge >= 0.3 is 0 Å². The summed E-state index contributed by atoms with van der Waals surface area (Å²) in [5.41, 5.74) is 0. The van der Waals surface area contributed by atoms with Crippen molar-refractivity contribution >= 4 is 33.4 Å². The quantitative estimate of drug-likeness (QED) is 0.355. The van der Waals surface area contributed by atoms with Crippen LogP contribution >= 0.6 is 11.6 Å². The highest BCUT2D eigenvalue weighted by atomic mass is 35.5. The first kappa shape index (κ1) is 19.7. The molecule has 1 fully saturated rings. The number of nitrogens with zero attached hydrogens (tertiary/aromatic N) is 3. The van der Waals surface area contributed by atoms with E-state index >= 15 is 0 Å². The Balaban J connectivity index is 1.78. The smallest absolute Gasteiger partial charge is 0.211 e. The highest BCUT2D eigenvalue weighted by Gasteiger charge is 2.25. The fourth-order valence-corrected chi connectivity index (χ4v) is 3.42. The van der Waals surface area contributed by atoms with Gasteiger partial charge in [-0.05, 0) is 25.5 Å². The Hall–Kier alpha value is -1.58. The number of pyridine rings is 1. The minimum Gasteiger partial charge on any atom is -0.355 e. The lowest BCUT2D eigenvalue weighted by molar-refractivity contribution is 0.581. The second-order valence-corrected chi connectivity index (χ2v) is 8.18. The second-order valence-electron chi connectivity index (χ2n) is 5.68. The van der Waals surface area contributed by atoms with Crippen LogP contribution in [0.4, 0.5) is 5.82 Å². The Bertz CT molecular complexity index is 697. The Morgan fingerprint density at radius 3 is 2.96 bits per heavy atom. The predicted octanol–water partition coefficient (Wildman–Crippen LogP) is 0.418. The Morgan fingerprint density at radius 2 is 2.28 bits per heavy atom. The third-order valence-electron chi connectivity index (χ3n) is 3.91. The number of rotatable bonds is 7. The van der Waals surface area contributed by atoms with Crippen molar-refractivity contribution in [1.29, 1.82) is 0 Å². The Labute approximate surface area is 154 Å². The number of halogens is 1. The molecule has 2 heterocycles. The van der Waals surface area contributed by atoms with Crippen molar-refractivity contribution < 1.29 is 8.42 Å². The van der Waals surface area contributed by atoms with Crippen molar-refractivity contribution in [3.8, 4) is 0 Å². The molecule has 0 amide bonds. The normalized spacial score (nSPS) is 18.4. The molecule has 1 aliphatic rings. The molecule has 1 saturated heterocycles. The first-order valence-electron chi connectivity index (χ1n) is 8.25. The van der Waals surface area contributed by atoms with Gasteiger partial charge in [0.25, 0.3) is 0 Å². The Kier molecular flexibility index (Phi) is 7.27. The van der Waals surface area contributed by atoms with Crippen LogP contribution in [0.3, 0.4) is 0 Å². The minimum atomic E-state index is -3.16. The van der Waals surface area contributed by atoms with Crippen LogP contribution in [-0.2, 0) is 10.0 Å². The molecule has 0 saturated carbocycles. The molecule has 1 aromatic rings. The molecule has 0 radical (unpaired) electrons. The molecule has 0 bridgehead atoms. The van der Waals surface area contributed by atoms with Gasteiger partial charge < -0.3 is 15.5 Å². The number of guanidine groups is 1. The molecule has 8 nitrogen and oxygen atoms in total. The fraction of sp³-hybridized carbons (Fsp3) is 0.600. The molecule has 25 heavy (non-hydrogen) atoms. The predicted molar refractivity (Wildman–Crippen MR) is 102 cm³/mol. The Morgan fingerprint density at radius 1 is 1.48 bits per heavy atom. The topological polar surface area (TPSA) is 98.7 Å². The number of hydrogen-bond acceptors (Lipinski definition) is 5. The van der Waals surface area contributed by atoms with Crippen molar-refractivity contribution in [3.63, 3.8) is 0 Å². The van der Waals surface area contributed by atoms with Crippen LogP contribution < -0.4 is 20.3 Å². The van der Waals surface area contributed by atoms with E-state index in [9.17, 15) is 8.42 Å². The van der Waals surface area contributed by atoms with Crippen molar-refractivity contribution in [2.75, 3.05) is 43.9 Å². The number of nitrogens with one attached hydrogen (secondary N) is 3. The fourth-order valence-electron chi connectivity index (χ4n) is 2.56. The maximum Gasteiger partial charge on any atom is 0.211 e. The summed E-state index contributed by atoms with van der Waals surface area (Å²) >= 11 is 6.20. The monoisotopic (exact) mass is 388 g/mol. The molecule has 1 atom stereocenters. The molecule has 0 aromatic carbocycles. The standard InChI is InChI=1S/C15H25ClN6O2S/c1-3-25(23,24)20-9-8-19-15(17-2)21-12-6-10-22(11-12)14-13(16)5-4-7-18-14/h4-5,7,12,20H,3,6,8-11H2,1-2H3,(H2,17,19,21). The average Bonchev–Trinajstić information content (AvgIpc) is 3.06. The second kappa shape index (κ2) is 9.21. The largest absolute Gasteiger partial charge is 0.355 e. The minimum absolute atomic E-state index is 0.0773. The van der Waals surface area contributed by atoms with E-state index < -0.39 is 10.0 Å². The number of hydrogen-bond donors (Lipinski definition) is 3.